The van der Waals surface area contributed by atoms with Crippen LogP contribution in [0.25, 0.3) is 22.2 Å². The Kier molecular flexibility index (Phi) is 8.78. The molecule has 6 rings (SSSR count). The number of amides is 3. The summed E-state index contributed by atoms with van der Waals surface area (Å²) in [7, 11) is 3.33. The number of benzene rings is 1. The molecule has 1 aliphatic carbocycles. The van der Waals surface area contributed by atoms with Gasteiger partial charge in [-0.15, -0.1) is 11.3 Å². The lowest BCUT2D eigenvalue weighted by Crippen LogP contribution is -2.54. The first-order valence-electron chi connectivity index (χ1n) is 15.7. The van der Waals surface area contributed by atoms with Crippen molar-refractivity contribution in [1.82, 2.24) is 25.1 Å². The number of hydrogen-bond acceptors (Lipinski definition) is 9. The molecule has 2 fully saturated rings. The van der Waals surface area contributed by atoms with Crippen molar-refractivity contribution < 1.29 is 29.0 Å². The Morgan fingerprint density at radius 1 is 1.20 bits per heavy atom. The van der Waals surface area contributed by atoms with Crippen LogP contribution in [0.2, 0.25) is 0 Å². The largest absolute Gasteiger partial charge is 0.497 e. The van der Waals surface area contributed by atoms with Crippen molar-refractivity contribution in [3.05, 3.63) is 41.8 Å². The zero-order valence-electron chi connectivity index (χ0n) is 26.5. The summed E-state index contributed by atoms with van der Waals surface area (Å²) in [6, 6.07) is 6.58. The summed E-state index contributed by atoms with van der Waals surface area (Å²) in [5.74, 6) is -0.812. The lowest BCUT2D eigenvalue weighted by atomic mass is 10.1. The predicted octanol–water partition coefficient (Wildman–Crippen LogP) is 4.76. The van der Waals surface area contributed by atoms with Gasteiger partial charge in [-0.1, -0.05) is 12.2 Å². The number of rotatable bonds is 7. The fourth-order valence-electron chi connectivity index (χ4n) is 6.21. The number of carbonyl (C=O) groups is 3. The number of aliphatic carboxylic acids is 1. The summed E-state index contributed by atoms with van der Waals surface area (Å²) < 4.78 is 12.0. The molecule has 13 heteroatoms. The number of pyridine rings is 1. The van der Waals surface area contributed by atoms with E-state index >= 15 is 0 Å². The maximum Gasteiger partial charge on any atom is 0.330 e. The van der Waals surface area contributed by atoms with Crippen LogP contribution in [0.4, 0.5) is 9.93 Å². The second-order valence-corrected chi connectivity index (χ2v) is 13.4. The van der Waals surface area contributed by atoms with Crippen molar-refractivity contribution in [2.45, 2.75) is 69.7 Å². The number of carbonyl (C=O) groups excluding carboxylic acids is 2. The Morgan fingerprint density at radius 3 is 2.78 bits per heavy atom. The molecule has 46 heavy (non-hydrogen) atoms. The van der Waals surface area contributed by atoms with Gasteiger partial charge in [-0.2, -0.15) is 0 Å². The van der Waals surface area contributed by atoms with Crippen molar-refractivity contribution in [3.63, 3.8) is 0 Å². The van der Waals surface area contributed by atoms with Crippen LogP contribution in [0.1, 0.15) is 46.0 Å². The molecule has 12 nitrogen and oxygen atoms in total. The monoisotopic (exact) mass is 648 g/mol. The maximum atomic E-state index is 13.8. The molecular formula is C33H40N6O6S. The fourth-order valence-corrected chi connectivity index (χ4v) is 7.06. The summed E-state index contributed by atoms with van der Waals surface area (Å²) in [6.45, 7) is 4.79. The summed E-state index contributed by atoms with van der Waals surface area (Å²) in [4.78, 5) is 52.5. The van der Waals surface area contributed by atoms with Gasteiger partial charge in [0.05, 0.1) is 19.3 Å². The third-order valence-electron chi connectivity index (χ3n) is 8.82. The third-order valence-corrected chi connectivity index (χ3v) is 9.60. The molecule has 0 spiro atoms. The van der Waals surface area contributed by atoms with Gasteiger partial charge < -0.3 is 35.0 Å². The van der Waals surface area contributed by atoms with Crippen molar-refractivity contribution in [2.24, 2.45) is 5.92 Å². The van der Waals surface area contributed by atoms with E-state index in [0.29, 0.717) is 36.0 Å². The smallest absolute Gasteiger partial charge is 0.330 e. The summed E-state index contributed by atoms with van der Waals surface area (Å²) in [5, 5.41) is 20.5. The van der Waals surface area contributed by atoms with Crippen LogP contribution >= 0.6 is 11.3 Å². The predicted molar refractivity (Wildman–Crippen MR) is 175 cm³/mol. The lowest BCUT2D eigenvalue weighted by Gasteiger charge is -2.29. The fraction of sp³-hybridized carbons (Fsp3) is 0.485. The van der Waals surface area contributed by atoms with E-state index in [1.807, 2.05) is 55.6 Å². The second-order valence-electron chi connectivity index (χ2n) is 12.6. The molecule has 1 saturated heterocycles. The molecule has 4 heterocycles. The number of carboxylic acids is 1. The SMILES string of the molecule is COc1ccc2c(OC3CC4C(=O)NC5(C(=O)O)CC5/C=C\CCCCN(C)C(=O)N4C3)nc(-c3csc(NC(C)C)n3)cc2c1. The number of hydrogen-bond donors (Lipinski definition) is 3. The van der Waals surface area contributed by atoms with E-state index in [2.05, 4.69) is 10.6 Å². The van der Waals surface area contributed by atoms with E-state index in [9.17, 15) is 19.5 Å². The highest BCUT2D eigenvalue weighted by Gasteiger charge is 2.61. The van der Waals surface area contributed by atoms with Crippen LogP contribution in [0.5, 0.6) is 11.6 Å². The number of thiazole rings is 1. The highest BCUT2D eigenvalue weighted by atomic mass is 32.1. The average molecular weight is 649 g/mol. The Bertz CT molecular complexity index is 1680. The van der Waals surface area contributed by atoms with Crippen LogP contribution in [-0.4, -0.2) is 93.8 Å². The first-order valence-corrected chi connectivity index (χ1v) is 16.6. The molecule has 3 aromatic rings. The van der Waals surface area contributed by atoms with Crippen molar-refractivity contribution in [2.75, 3.05) is 32.6 Å². The molecule has 0 radical (unpaired) electrons. The van der Waals surface area contributed by atoms with Gasteiger partial charge in [-0.3, -0.25) is 4.79 Å². The number of ether oxygens (including phenoxy) is 2. The Labute approximate surface area is 271 Å². The number of nitrogens with zero attached hydrogens (tertiary/aromatic N) is 4. The second kappa shape index (κ2) is 12.8. The number of allylic oxidation sites excluding steroid dienone is 1. The molecule has 2 aliphatic heterocycles. The molecule has 3 amide bonds. The molecule has 244 valence electrons. The molecular weight excluding hydrogens is 608 g/mol. The van der Waals surface area contributed by atoms with Gasteiger partial charge in [0, 0.05) is 42.7 Å². The normalized spacial score (nSPS) is 25.8. The molecule has 2 aromatic heterocycles. The number of urea groups is 1. The molecule has 0 bridgehead atoms. The summed E-state index contributed by atoms with van der Waals surface area (Å²) in [6.07, 6.45) is 6.27. The molecule has 3 aliphatic rings. The minimum atomic E-state index is -1.36. The topological polar surface area (TPSA) is 146 Å². The van der Waals surface area contributed by atoms with Gasteiger partial charge in [0.1, 0.15) is 29.1 Å². The average Bonchev–Trinajstić information content (AvgIpc) is 3.31. The van der Waals surface area contributed by atoms with Gasteiger partial charge in [-0.25, -0.2) is 19.6 Å². The zero-order valence-corrected chi connectivity index (χ0v) is 27.3. The number of carboxylic acid groups (broad SMARTS) is 1. The minimum absolute atomic E-state index is 0.146. The van der Waals surface area contributed by atoms with E-state index in [1.165, 1.54) is 16.2 Å². The van der Waals surface area contributed by atoms with E-state index in [4.69, 9.17) is 19.4 Å². The number of methoxy groups -OCH3 is 1. The van der Waals surface area contributed by atoms with Crippen LogP contribution in [0.15, 0.2) is 41.8 Å². The Balaban J connectivity index is 1.32. The van der Waals surface area contributed by atoms with Gasteiger partial charge in [0.25, 0.3) is 0 Å². The Hall–Kier alpha value is -4.39. The highest BCUT2D eigenvalue weighted by molar-refractivity contribution is 7.14. The van der Waals surface area contributed by atoms with Gasteiger partial charge in [0.2, 0.25) is 11.8 Å². The standard InChI is InChI=1S/C33H40N6O6S/c1-19(2)34-31-36-26(18-46-31)25-14-20-13-22(44-4)10-11-24(20)29(35-25)45-23-15-27-28(40)37-33(30(41)42)16-21(33)9-7-5-6-8-12-38(3)32(43)39(27)17-23/h7,9-11,13-14,18-19,21,23,27H,5-6,8,12,15-17H2,1-4H3,(H,34,36)(H,37,40)(H,41,42)/b9-7-. The van der Waals surface area contributed by atoms with Crippen molar-refractivity contribution >= 4 is 45.1 Å². The van der Waals surface area contributed by atoms with Crippen molar-refractivity contribution in [1.29, 1.82) is 0 Å². The zero-order chi connectivity index (χ0) is 32.6. The quantitative estimate of drug-likeness (QED) is 0.309. The van der Waals surface area contributed by atoms with E-state index in [1.54, 1.807) is 19.1 Å². The van der Waals surface area contributed by atoms with E-state index < -0.39 is 29.6 Å². The first-order chi connectivity index (χ1) is 22.1. The minimum Gasteiger partial charge on any atom is -0.497 e. The molecule has 1 saturated carbocycles. The summed E-state index contributed by atoms with van der Waals surface area (Å²) >= 11 is 1.49. The number of aromatic nitrogens is 2. The molecule has 1 aromatic carbocycles. The van der Waals surface area contributed by atoms with Gasteiger partial charge in [0.15, 0.2) is 5.13 Å². The first kappa shape index (κ1) is 31.6. The number of nitrogens with one attached hydrogen (secondary N) is 2. The van der Waals surface area contributed by atoms with E-state index in [-0.39, 0.29) is 31.0 Å². The molecule has 4 unspecified atom stereocenters. The van der Waals surface area contributed by atoms with Crippen LogP contribution in [0.3, 0.4) is 0 Å². The van der Waals surface area contributed by atoms with E-state index in [0.717, 1.165) is 35.2 Å². The van der Waals surface area contributed by atoms with Gasteiger partial charge >= 0.3 is 12.0 Å². The van der Waals surface area contributed by atoms with Gasteiger partial charge in [-0.05, 0) is 69.2 Å². The maximum absolute atomic E-state index is 13.8. The number of anilines is 1. The summed E-state index contributed by atoms with van der Waals surface area (Å²) in [5.41, 5.74) is -0.0566. The Morgan fingerprint density at radius 2 is 2.02 bits per heavy atom. The molecule has 4 atom stereocenters. The highest BCUT2D eigenvalue weighted by Crippen LogP contribution is 2.45. The number of fused-ring (bicyclic) bond motifs is 3. The van der Waals surface area contributed by atoms with Crippen molar-refractivity contribution in [3.8, 4) is 23.0 Å². The van der Waals surface area contributed by atoms with Crippen LogP contribution in [-0.2, 0) is 9.59 Å². The van der Waals surface area contributed by atoms with Crippen LogP contribution in [0, 0.1) is 5.92 Å². The molecule has 3 N–H and O–H groups in total. The van der Waals surface area contributed by atoms with Crippen LogP contribution < -0.4 is 20.1 Å². The lowest BCUT2D eigenvalue weighted by molar-refractivity contribution is -0.144. The third kappa shape index (κ3) is 6.33.